The first-order chi connectivity index (χ1) is 15.4. The van der Waals surface area contributed by atoms with Gasteiger partial charge < -0.3 is 10.1 Å². The molecule has 1 aliphatic heterocycles. The number of anilines is 2. The molecule has 2 bridgehead atoms. The molecular weight excluding hydrogens is 476 g/mol. The molecular formula is C24H19BrN2O5. The van der Waals surface area contributed by atoms with E-state index in [2.05, 4.69) is 21.2 Å². The highest BCUT2D eigenvalue weighted by Gasteiger charge is 2.59. The number of halogens is 1. The van der Waals surface area contributed by atoms with Crippen molar-refractivity contribution in [1.82, 2.24) is 0 Å². The zero-order valence-corrected chi connectivity index (χ0v) is 18.4. The summed E-state index contributed by atoms with van der Waals surface area (Å²) in [5.41, 5.74) is 1.26. The van der Waals surface area contributed by atoms with Crippen LogP contribution in [-0.4, -0.2) is 30.3 Å². The zero-order valence-electron chi connectivity index (χ0n) is 16.9. The lowest BCUT2D eigenvalue weighted by atomic mass is 9.85. The van der Waals surface area contributed by atoms with Crippen LogP contribution in [0.1, 0.15) is 16.8 Å². The predicted molar refractivity (Wildman–Crippen MR) is 120 cm³/mol. The zero-order chi connectivity index (χ0) is 22.4. The predicted octanol–water partition coefficient (Wildman–Crippen LogP) is 3.56. The highest BCUT2D eigenvalue weighted by Crippen LogP contribution is 2.53. The molecule has 1 saturated heterocycles. The minimum absolute atomic E-state index is 0.143. The second-order valence-corrected chi connectivity index (χ2v) is 9.11. The molecule has 0 spiro atoms. The Hall–Kier alpha value is -3.26. The standard InChI is InChI=1S/C24H19BrN2O5/c25-16-5-7-17(8-6-16)26-19(28)12-32-24(31)13-3-9-18(10-4-13)27-22(29)20-14-1-2-15(11-14)21(20)23(27)30/h1-10,14-15,20-21H,11-12H2,(H,26,28)/t14-,15-,20-,21-/m0/s1. The Morgan fingerprint density at radius 3 is 2.12 bits per heavy atom. The van der Waals surface area contributed by atoms with Crippen LogP contribution in [-0.2, 0) is 19.1 Å². The average Bonchev–Trinajstić information content (AvgIpc) is 3.47. The number of fused-ring (bicyclic) bond motifs is 5. The smallest absolute Gasteiger partial charge is 0.338 e. The number of nitrogens with zero attached hydrogens (tertiary/aromatic N) is 1. The molecule has 2 aliphatic carbocycles. The average molecular weight is 495 g/mol. The highest BCUT2D eigenvalue weighted by molar-refractivity contribution is 9.10. The molecule has 2 aromatic carbocycles. The number of allylic oxidation sites excluding steroid dienone is 2. The maximum atomic E-state index is 12.9. The van der Waals surface area contributed by atoms with Crippen LogP contribution in [0.3, 0.4) is 0 Å². The SMILES string of the molecule is O=C(COC(=O)c1ccc(N2C(=O)[C@@H]3[C@@H](C2=O)[C@H]2C=C[C@H]3C2)cc1)Nc1ccc(Br)cc1. The van der Waals surface area contributed by atoms with E-state index in [1.807, 2.05) is 12.2 Å². The lowest BCUT2D eigenvalue weighted by Crippen LogP contribution is -2.32. The molecule has 2 fully saturated rings. The molecule has 4 atom stereocenters. The summed E-state index contributed by atoms with van der Waals surface area (Å²) in [7, 11) is 0. The summed E-state index contributed by atoms with van der Waals surface area (Å²) in [4.78, 5) is 51.3. The fourth-order valence-corrected chi connectivity index (χ4v) is 5.11. The Bertz CT molecular complexity index is 1110. The number of imide groups is 1. The molecule has 0 aromatic heterocycles. The molecule has 0 radical (unpaired) electrons. The van der Waals surface area contributed by atoms with Crippen molar-refractivity contribution < 1.29 is 23.9 Å². The summed E-state index contributed by atoms with van der Waals surface area (Å²) < 4.78 is 5.96. The summed E-state index contributed by atoms with van der Waals surface area (Å²) in [6.07, 6.45) is 4.97. The number of esters is 1. The topological polar surface area (TPSA) is 92.8 Å². The molecule has 32 heavy (non-hydrogen) atoms. The van der Waals surface area contributed by atoms with Crippen molar-refractivity contribution in [2.75, 3.05) is 16.8 Å². The minimum atomic E-state index is -0.666. The Labute approximate surface area is 192 Å². The van der Waals surface area contributed by atoms with Gasteiger partial charge in [-0.15, -0.1) is 0 Å². The summed E-state index contributed by atoms with van der Waals surface area (Å²) in [5, 5.41) is 2.64. The number of carbonyl (C=O) groups is 4. The van der Waals surface area contributed by atoms with Gasteiger partial charge in [-0.25, -0.2) is 4.79 Å². The maximum absolute atomic E-state index is 12.9. The van der Waals surface area contributed by atoms with Gasteiger partial charge in [0.1, 0.15) is 0 Å². The molecule has 7 nitrogen and oxygen atoms in total. The number of hydrogen-bond donors (Lipinski definition) is 1. The highest BCUT2D eigenvalue weighted by atomic mass is 79.9. The van der Waals surface area contributed by atoms with Crippen molar-refractivity contribution in [3.63, 3.8) is 0 Å². The number of carbonyl (C=O) groups excluding carboxylic acids is 4. The fourth-order valence-electron chi connectivity index (χ4n) is 4.85. The molecule has 3 amide bonds. The van der Waals surface area contributed by atoms with Crippen molar-refractivity contribution in [2.45, 2.75) is 6.42 Å². The number of nitrogens with one attached hydrogen (secondary N) is 1. The van der Waals surface area contributed by atoms with Gasteiger partial charge in [0.2, 0.25) is 11.8 Å². The molecule has 8 heteroatoms. The second kappa shape index (κ2) is 8.02. The van der Waals surface area contributed by atoms with Crippen molar-refractivity contribution in [1.29, 1.82) is 0 Å². The quantitative estimate of drug-likeness (QED) is 0.389. The number of amides is 3. The Balaban J connectivity index is 1.20. The van der Waals surface area contributed by atoms with E-state index in [0.717, 1.165) is 10.9 Å². The third-order valence-corrected chi connectivity index (χ3v) is 6.82. The van der Waals surface area contributed by atoms with Crippen LogP contribution < -0.4 is 10.2 Å². The van der Waals surface area contributed by atoms with Crippen LogP contribution in [0.5, 0.6) is 0 Å². The summed E-state index contributed by atoms with van der Waals surface area (Å²) in [6.45, 7) is -0.432. The molecule has 162 valence electrons. The van der Waals surface area contributed by atoms with E-state index in [4.69, 9.17) is 4.74 Å². The summed E-state index contributed by atoms with van der Waals surface area (Å²) in [6, 6.07) is 13.1. The van der Waals surface area contributed by atoms with Gasteiger partial charge in [0.25, 0.3) is 5.91 Å². The van der Waals surface area contributed by atoms with Crippen LogP contribution in [0.4, 0.5) is 11.4 Å². The Morgan fingerprint density at radius 2 is 1.53 bits per heavy atom. The molecule has 2 aromatic rings. The number of benzene rings is 2. The van der Waals surface area contributed by atoms with Gasteiger partial charge in [0, 0.05) is 10.2 Å². The van der Waals surface area contributed by atoms with Gasteiger partial charge in [-0.1, -0.05) is 28.1 Å². The van der Waals surface area contributed by atoms with Crippen LogP contribution in [0, 0.1) is 23.7 Å². The lowest BCUT2D eigenvalue weighted by Gasteiger charge is -2.17. The van der Waals surface area contributed by atoms with Crippen LogP contribution >= 0.6 is 15.9 Å². The number of rotatable bonds is 5. The van der Waals surface area contributed by atoms with Gasteiger partial charge >= 0.3 is 5.97 Å². The second-order valence-electron chi connectivity index (χ2n) is 8.19. The molecule has 1 N–H and O–H groups in total. The largest absolute Gasteiger partial charge is 0.452 e. The first-order valence-corrected chi connectivity index (χ1v) is 11.1. The normalized spacial score (nSPS) is 25.2. The van der Waals surface area contributed by atoms with E-state index in [9.17, 15) is 19.2 Å². The fraction of sp³-hybridized carbons (Fsp3) is 0.250. The van der Waals surface area contributed by atoms with Crippen molar-refractivity contribution >= 4 is 51.0 Å². The number of ether oxygens (including phenoxy) is 1. The van der Waals surface area contributed by atoms with E-state index in [1.54, 1.807) is 36.4 Å². The van der Waals surface area contributed by atoms with E-state index in [1.165, 1.54) is 17.0 Å². The Morgan fingerprint density at radius 1 is 0.938 bits per heavy atom. The van der Waals surface area contributed by atoms with E-state index in [-0.39, 0.29) is 41.0 Å². The number of hydrogen-bond acceptors (Lipinski definition) is 5. The monoisotopic (exact) mass is 494 g/mol. The van der Waals surface area contributed by atoms with Gasteiger partial charge in [-0.3, -0.25) is 19.3 Å². The molecule has 5 rings (SSSR count). The third kappa shape index (κ3) is 3.54. The van der Waals surface area contributed by atoms with E-state index >= 15 is 0 Å². The molecule has 0 unspecified atom stereocenters. The third-order valence-electron chi connectivity index (χ3n) is 6.29. The molecule has 1 saturated carbocycles. The molecule has 3 aliphatic rings. The van der Waals surface area contributed by atoms with E-state index in [0.29, 0.717) is 11.4 Å². The van der Waals surface area contributed by atoms with Crippen molar-refractivity contribution in [2.24, 2.45) is 23.7 Å². The van der Waals surface area contributed by atoms with Crippen LogP contribution in [0.2, 0.25) is 0 Å². The Kier molecular flexibility index (Phi) is 5.17. The minimum Gasteiger partial charge on any atom is -0.452 e. The summed E-state index contributed by atoms with van der Waals surface area (Å²) in [5.74, 6) is -1.72. The lowest BCUT2D eigenvalue weighted by molar-refractivity contribution is -0.123. The van der Waals surface area contributed by atoms with Crippen LogP contribution in [0.15, 0.2) is 65.2 Å². The van der Waals surface area contributed by atoms with E-state index < -0.39 is 18.5 Å². The van der Waals surface area contributed by atoms with Gasteiger partial charge in [0.05, 0.1) is 23.1 Å². The van der Waals surface area contributed by atoms with Gasteiger partial charge in [0.15, 0.2) is 6.61 Å². The first kappa shape index (κ1) is 20.6. The first-order valence-electron chi connectivity index (χ1n) is 10.3. The van der Waals surface area contributed by atoms with Crippen molar-refractivity contribution in [3.8, 4) is 0 Å². The van der Waals surface area contributed by atoms with Gasteiger partial charge in [-0.2, -0.15) is 0 Å². The van der Waals surface area contributed by atoms with Crippen molar-refractivity contribution in [3.05, 3.63) is 70.7 Å². The maximum Gasteiger partial charge on any atom is 0.338 e. The van der Waals surface area contributed by atoms with Crippen LogP contribution in [0.25, 0.3) is 0 Å². The molecule has 1 heterocycles. The van der Waals surface area contributed by atoms with Gasteiger partial charge in [-0.05, 0) is 66.8 Å². The summed E-state index contributed by atoms with van der Waals surface area (Å²) >= 11 is 3.32.